The van der Waals surface area contributed by atoms with E-state index in [2.05, 4.69) is 15.6 Å². The Morgan fingerprint density at radius 3 is 2.75 bits per heavy atom. The number of nitrogens with one attached hydrogen (secondary N) is 2. The lowest BCUT2D eigenvalue weighted by atomic mass is 10.1. The van der Waals surface area contributed by atoms with E-state index in [-0.39, 0.29) is 5.91 Å². The van der Waals surface area contributed by atoms with Gasteiger partial charge >= 0.3 is 0 Å². The number of aryl methyl sites for hydroxylation is 2. The third-order valence-corrected chi connectivity index (χ3v) is 3.26. The molecule has 0 aliphatic carbocycles. The molecule has 1 amide bonds. The topological polar surface area (TPSA) is 54.0 Å². The monoisotopic (exact) mass is 269 g/mol. The van der Waals surface area contributed by atoms with E-state index in [4.69, 9.17) is 0 Å². The molecule has 1 heterocycles. The lowest BCUT2D eigenvalue weighted by Crippen LogP contribution is -2.24. The van der Waals surface area contributed by atoms with E-state index in [9.17, 15) is 4.79 Å². The molecule has 0 saturated carbocycles. The Balaban J connectivity index is 2.11. The molecule has 0 atom stereocenters. The van der Waals surface area contributed by atoms with Gasteiger partial charge in [-0.05, 0) is 48.7 Å². The second-order valence-electron chi connectivity index (χ2n) is 4.78. The summed E-state index contributed by atoms with van der Waals surface area (Å²) in [6, 6.07) is 7.67. The Bertz CT molecular complexity index is 623. The van der Waals surface area contributed by atoms with Crippen LogP contribution in [0.1, 0.15) is 27.0 Å². The largest absolute Gasteiger partial charge is 0.387 e. The molecule has 0 aliphatic rings. The lowest BCUT2D eigenvalue weighted by molar-refractivity contribution is 0.0951. The summed E-state index contributed by atoms with van der Waals surface area (Å²) >= 11 is 0. The van der Waals surface area contributed by atoms with E-state index in [1.54, 1.807) is 12.4 Å². The lowest BCUT2D eigenvalue weighted by Gasteiger charge is -2.11. The molecule has 0 spiro atoms. The molecule has 2 aromatic rings. The Morgan fingerprint density at radius 2 is 2.05 bits per heavy atom. The normalized spacial score (nSPS) is 10.2. The molecule has 0 bridgehead atoms. The molecular formula is C16H19N3O. The zero-order chi connectivity index (χ0) is 14.5. The van der Waals surface area contributed by atoms with Crippen molar-refractivity contribution in [3.05, 3.63) is 58.9 Å². The van der Waals surface area contributed by atoms with Crippen molar-refractivity contribution >= 4 is 11.6 Å². The van der Waals surface area contributed by atoms with Crippen molar-refractivity contribution in [1.29, 1.82) is 0 Å². The van der Waals surface area contributed by atoms with Gasteiger partial charge in [-0.3, -0.25) is 9.78 Å². The zero-order valence-electron chi connectivity index (χ0n) is 12.0. The minimum Gasteiger partial charge on any atom is -0.387 e. The maximum atomic E-state index is 12.3. The first-order valence-electron chi connectivity index (χ1n) is 6.58. The highest BCUT2D eigenvalue weighted by Gasteiger charge is 2.10. The number of hydrogen-bond acceptors (Lipinski definition) is 3. The van der Waals surface area contributed by atoms with Crippen LogP contribution in [0.4, 0.5) is 5.69 Å². The SMILES string of the molecule is CNc1cc(C)ccc1C(=O)NCc1ccncc1C. The van der Waals surface area contributed by atoms with Crippen LogP contribution in [-0.4, -0.2) is 17.9 Å². The number of rotatable bonds is 4. The highest BCUT2D eigenvalue weighted by Crippen LogP contribution is 2.17. The summed E-state index contributed by atoms with van der Waals surface area (Å²) in [5.41, 5.74) is 4.77. The summed E-state index contributed by atoms with van der Waals surface area (Å²) in [6.45, 7) is 4.49. The Kier molecular flexibility index (Phi) is 4.35. The number of carbonyl (C=O) groups excluding carboxylic acids is 1. The minimum atomic E-state index is -0.0782. The van der Waals surface area contributed by atoms with Crippen molar-refractivity contribution in [2.75, 3.05) is 12.4 Å². The van der Waals surface area contributed by atoms with Crippen molar-refractivity contribution in [2.24, 2.45) is 0 Å². The van der Waals surface area contributed by atoms with Crippen molar-refractivity contribution < 1.29 is 4.79 Å². The summed E-state index contributed by atoms with van der Waals surface area (Å²) in [5, 5.41) is 6.00. The van der Waals surface area contributed by atoms with Gasteiger partial charge in [-0.15, -0.1) is 0 Å². The zero-order valence-corrected chi connectivity index (χ0v) is 12.0. The van der Waals surface area contributed by atoms with Crippen LogP contribution in [0, 0.1) is 13.8 Å². The van der Waals surface area contributed by atoms with E-state index >= 15 is 0 Å². The van der Waals surface area contributed by atoms with Gasteiger partial charge in [-0.1, -0.05) is 6.07 Å². The summed E-state index contributed by atoms with van der Waals surface area (Å²) in [4.78, 5) is 16.3. The molecule has 0 radical (unpaired) electrons. The summed E-state index contributed by atoms with van der Waals surface area (Å²) in [5.74, 6) is -0.0782. The van der Waals surface area contributed by atoms with Gasteiger partial charge < -0.3 is 10.6 Å². The van der Waals surface area contributed by atoms with E-state index in [1.165, 1.54) is 0 Å². The fraction of sp³-hybridized carbons (Fsp3) is 0.250. The van der Waals surface area contributed by atoms with Crippen LogP contribution in [0.2, 0.25) is 0 Å². The summed E-state index contributed by atoms with van der Waals surface area (Å²) in [7, 11) is 1.82. The molecule has 0 fully saturated rings. The van der Waals surface area contributed by atoms with Crippen molar-refractivity contribution in [3.63, 3.8) is 0 Å². The number of anilines is 1. The Morgan fingerprint density at radius 1 is 1.25 bits per heavy atom. The van der Waals surface area contributed by atoms with Gasteiger partial charge in [0, 0.05) is 31.7 Å². The fourth-order valence-corrected chi connectivity index (χ4v) is 2.03. The van der Waals surface area contributed by atoms with Gasteiger partial charge in [0.05, 0.1) is 5.56 Å². The van der Waals surface area contributed by atoms with E-state index < -0.39 is 0 Å². The Hall–Kier alpha value is -2.36. The number of pyridine rings is 1. The smallest absolute Gasteiger partial charge is 0.253 e. The summed E-state index contributed by atoms with van der Waals surface area (Å²) in [6.07, 6.45) is 3.53. The summed E-state index contributed by atoms with van der Waals surface area (Å²) < 4.78 is 0. The number of amides is 1. The first-order valence-corrected chi connectivity index (χ1v) is 6.58. The van der Waals surface area contributed by atoms with Gasteiger partial charge in [0.2, 0.25) is 0 Å². The average molecular weight is 269 g/mol. The van der Waals surface area contributed by atoms with E-state index in [1.807, 2.05) is 45.2 Å². The van der Waals surface area contributed by atoms with Crippen LogP contribution >= 0.6 is 0 Å². The molecule has 4 heteroatoms. The van der Waals surface area contributed by atoms with Crippen LogP contribution in [-0.2, 0) is 6.54 Å². The van der Waals surface area contributed by atoms with Crippen LogP contribution in [0.3, 0.4) is 0 Å². The molecule has 20 heavy (non-hydrogen) atoms. The molecule has 0 unspecified atom stereocenters. The second kappa shape index (κ2) is 6.19. The van der Waals surface area contributed by atoms with Crippen LogP contribution < -0.4 is 10.6 Å². The first kappa shape index (κ1) is 14.1. The Labute approximate surface area is 119 Å². The fourth-order valence-electron chi connectivity index (χ4n) is 2.03. The molecule has 4 nitrogen and oxygen atoms in total. The maximum Gasteiger partial charge on any atom is 0.253 e. The van der Waals surface area contributed by atoms with Crippen molar-refractivity contribution in [1.82, 2.24) is 10.3 Å². The molecular weight excluding hydrogens is 250 g/mol. The molecule has 1 aromatic carbocycles. The highest BCUT2D eigenvalue weighted by molar-refractivity contribution is 5.99. The molecule has 1 aromatic heterocycles. The highest BCUT2D eigenvalue weighted by atomic mass is 16.1. The van der Waals surface area contributed by atoms with Crippen molar-refractivity contribution in [2.45, 2.75) is 20.4 Å². The van der Waals surface area contributed by atoms with Crippen LogP contribution in [0.5, 0.6) is 0 Å². The number of aromatic nitrogens is 1. The minimum absolute atomic E-state index is 0.0782. The standard InChI is InChI=1S/C16H19N3O/c1-11-4-5-14(15(8-11)17-3)16(20)19-10-13-6-7-18-9-12(13)2/h4-9,17H,10H2,1-3H3,(H,19,20). The first-order chi connectivity index (χ1) is 9.61. The predicted molar refractivity (Wildman–Crippen MR) is 80.9 cm³/mol. The van der Waals surface area contributed by atoms with Gasteiger partial charge in [0.1, 0.15) is 0 Å². The van der Waals surface area contributed by atoms with Gasteiger partial charge in [0.15, 0.2) is 0 Å². The molecule has 0 saturated heterocycles. The third kappa shape index (κ3) is 3.15. The predicted octanol–water partition coefficient (Wildman–Crippen LogP) is 2.67. The van der Waals surface area contributed by atoms with Gasteiger partial charge in [-0.2, -0.15) is 0 Å². The van der Waals surface area contributed by atoms with Crippen molar-refractivity contribution in [3.8, 4) is 0 Å². The molecule has 0 aliphatic heterocycles. The maximum absolute atomic E-state index is 12.3. The van der Waals surface area contributed by atoms with E-state index in [0.29, 0.717) is 12.1 Å². The number of benzene rings is 1. The number of hydrogen-bond donors (Lipinski definition) is 2. The second-order valence-corrected chi connectivity index (χ2v) is 4.78. The molecule has 104 valence electrons. The number of carbonyl (C=O) groups is 1. The van der Waals surface area contributed by atoms with Gasteiger partial charge in [-0.25, -0.2) is 0 Å². The average Bonchev–Trinajstić information content (AvgIpc) is 2.46. The number of nitrogens with zero attached hydrogens (tertiary/aromatic N) is 1. The third-order valence-electron chi connectivity index (χ3n) is 3.26. The molecule has 2 rings (SSSR count). The van der Waals surface area contributed by atoms with Crippen LogP contribution in [0.15, 0.2) is 36.7 Å². The quantitative estimate of drug-likeness (QED) is 0.897. The molecule has 2 N–H and O–H groups in total. The van der Waals surface area contributed by atoms with E-state index in [0.717, 1.165) is 22.4 Å². The van der Waals surface area contributed by atoms with Crippen LogP contribution in [0.25, 0.3) is 0 Å². The van der Waals surface area contributed by atoms with Gasteiger partial charge in [0.25, 0.3) is 5.91 Å².